The van der Waals surface area contributed by atoms with E-state index in [9.17, 15) is 4.79 Å². The Balaban J connectivity index is 1.37. The Morgan fingerprint density at radius 1 is 1.06 bits per heavy atom. The molecule has 4 nitrogen and oxygen atoms in total. The molecule has 0 aliphatic carbocycles. The molecule has 3 aromatic carbocycles. The zero-order chi connectivity index (χ0) is 23.5. The number of likely N-dealkylation sites (tertiary alicyclic amines) is 1. The highest BCUT2D eigenvalue weighted by molar-refractivity contribution is 7.99. The maximum Gasteiger partial charge on any atom is 0.251 e. The number of nitrogens with zero attached hydrogens (tertiary/aromatic N) is 2. The Hall–Kier alpha value is -2.76. The summed E-state index contributed by atoms with van der Waals surface area (Å²) >= 11 is 7.68. The molecular formula is C28H28ClN3OS. The van der Waals surface area contributed by atoms with Crippen LogP contribution in [0.1, 0.15) is 41.3 Å². The minimum absolute atomic E-state index is 0.0768. The van der Waals surface area contributed by atoms with E-state index in [1.54, 1.807) is 11.8 Å². The van der Waals surface area contributed by atoms with Gasteiger partial charge in [-0.05, 0) is 67.1 Å². The lowest BCUT2D eigenvalue weighted by atomic mass is 9.98. The van der Waals surface area contributed by atoms with Gasteiger partial charge in [0.05, 0.1) is 5.69 Å². The molecule has 0 spiro atoms. The maximum absolute atomic E-state index is 12.9. The second-order valence-corrected chi connectivity index (χ2v) is 10.5. The number of amides is 1. The van der Waals surface area contributed by atoms with Gasteiger partial charge in [-0.2, -0.15) is 0 Å². The Labute approximate surface area is 210 Å². The van der Waals surface area contributed by atoms with Gasteiger partial charge in [0.15, 0.2) is 0 Å². The van der Waals surface area contributed by atoms with Crippen LogP contribution in [-0.2, 0) is 6.42 Å². The van der Waals surface area contributed by atoms with Crippen LogP contribution in [0.2, 0.25) is 5.02 Å². The molecular weight excluding hydrogens is 462 g/mol. The van der Waals surface area contributed by atoms with Crippen molar-refractivity contribution in [2.24, 2.45) is 10.9 Å². The van der Waals surface area contributed by atoms with Crippen molar-refractivity contribution in [3.63, 3.8) is 0 Å². The molecule has 0 radical (unpaired) electrons. The fraction of sp³-hybridized carbons (Fsp3) is 0.286. The molecule has 1 fully saturated rings. The number of piperidine rings is 1. The van der Waals surface area contributed by atoms with E-state index in [0.29, 0.717) is 12.1 Å². The molecule has 3 aromatic rings. The molecule has 0 saturated carbocycles. The first-order valence-electron chi connectivity index (χ1n) is 11.8. The van der Waals surface area contributed by atoms with Crippen molar-refractivity contribution in [2.75, 3.05) is 19.6 Å². The normalized spacial score (nSPS) is 15.7. The summed E-state index contributed by atoms with van der Waals surface area (Å²) in [5, 5.41) is 3.76. The van der Waals surface area contributed by atoms with Crippen molar-refractivity contribution in [1.82, 2.24) is 10.2 Å². The molecule has 5 rings (SSSR count). The van der Waals surface area contributed by atoms with Gasteiger partial charge in [-0.3, -0.25) is 4.79 Å². The number of carbonyl (C=O) groups excluding carboxylic acids is 1. The van der Waals surface area contributed by atoms with E-state index in [-0.39, 0.29) is 5.91 Å². The summed E-state index contributed by atoms with van der Waals surface area (Å²) in [6.07, 6.45) is 3.11. The minimum atomic E-state index is -0.0768. The molecule has 0 aromatic heterocycles. The molecule has 1 saturated heterocycles. The topological polar surface area (TPSA) is 44.7 Å². The van der Waals surface area contributed by atoms with Gasteiger partial charge < -0.3 is 10.2 Å². The van der Waals surface area contributed by atoms with Crippen molar-refractivity contribution in [2.45, 2.75) is 36.0 Å². The van der Waals surface area contributed by atoms with Crippen LogP contribution in [0.15, 0.2) is 81.5 Å². The van der Waals surface area contributed by atoms with E-state index in [2.05, 4.69) is 41.4 Å². The van der Waals surface area contributed by atoms with Gasteiger partial charge in [0.2, 0.25) is 0 Å². The summed E-state index contributed by atoms with van der Waals surface area (Å²) in [5.41, 5.74) is 3.81. The smallest absolute Gasteiger partial charge is 0.251 e. The molecule has 174 valence electrons. The Kier molecular flexibility index (Phi) is 6.93. The first kappa shape index (κ1) is 23.0. The molecule has 6 heteroatoms. The first-order valence-corrected chi connectivity index (χ1v) is 13.0. The van der Waals surface area contributed by atoms with Crippen LogP contribution in [0.3, 0.4) is 0 Å². The number of fused-ring (bicyclic) bond motifs is 2. The van der Waals surface area contributed by atoms with Gasteiger partial charge in [-0.1, -0.05) is 60.6 Å². The van der Waals surface area contributed by atoms with E-state index in [0.717, 1.165) is 52.4 Å². The fourth-order valence-electron chi connectivity index (χ4n) is 4.40. The number of hydrogen-bond donors (Lipinski definition) is 1. The third-order valence-electron chi connectivity index (χ3n) is 6.49. The van der Waals surface area contributed by atoms with Crippen molar-refractivity contribution >= 4 is 40.8 Å². The second-order valence-electron chi connectivity index (χ2n) is 9.02. The minimum Gasteiger partial charge on any atom is -0.356 e. The summed E-state index contributed by atoms with van der Waals surface area (Å²) in [7, 11) is 0. The van der Waals surface area contributed by atoms with E-state index >= 15 is 0 Å². The van der Waals surface area contributed by atoms with E-state index in [1.807, 2.05) is 42.5 Å². The molecule has 0 atom stereocenters. The molecule has 2 aliphatic rings. The van der Waals surface area contributed by atoms with Gasteiger partial charge in [-0.25, -0.2) is 4.99 Å². The van der Waals surface area contributed by atoms with Crippen LogP contribution in [0.5, 0.6) is 0 Å². The van der Waals surface area contributed by atoms with Crippen molar-refractivity contribution < 1.29 is 4.79 Å². The Bertz CT molecular complexity index is 1220. The van der Waals surface area contributed by atoms with Crippen LogP contribution >= 0.6 is 23.4 Å². The van der Waals surface area contributed by atoms with Crippen LogP contribution in [0.4, 0.5) is 5.69 Å². The summed E-state index contributed by atoms with van der Waals surface area (Å²) < 4.78 is 0. The van der Waals surface area contributed by atoms with Crippen LogP contribution in [0, 0.1) is 5.92 Å². The molecule has 34 heavy (non-hydrogen) atoms. The molecule has 2 aliphatic heterocycles. The predicted octanol–water partition coefficient (Wildman–Crippen LogP) is 6.59. The van der Waals surface area contributed by atoms with E-state index in [1.165, 1.54) is 23.3 Å². The SMILES string of the molecule is CC1CCN(C2=Nc3cc(C(=O)NCCc4ccc(Cl)cc4)ccc3Sc3ccccc32)CC1. The number of aliphatic imine (C=N–C) groups is 1. The molecule has 0 unspecified atom stereocenters. The Morgan fingerprint density at radius 3 is 2.62 bits per heavy atom. The van der Waals surface area contributed by atoms with Crippen molar-refractivity contribution in [3.8, 4) is 0 Å². The average molecular weight is 490 g/mol. The van der Waals surface area contributed by atoms with Gasteiger partial charge in [-0.15, -0.1) is 0 Å². The lowest BCUT2D eigenvalue weighted by Crippen LogP contribution is -2.38. The zero-order valence-electron chi connectivity index (χ0n) is 19.3. The Morgan fingerprint density at radius 2 is 1.82 bits per heavy atom. The quantitative estimate of drug-likeness (QED) is 0.449. The van der Waals surface area contributed by atoms with Gasteiger partial charge in [0, 0.05) is 45.6 Å². The first-order chi connectivity index (χ1) is 16.6. The number of rotatable bonds is 4. The van der Waals surface area contributed by atoms with Crippen LogP contribution in [-0.4, -0.2) is 36.3 Å². The van der Waals surface area contributed by atoms with Gasteiger partial charge in [0.25, 0.3) is 5.91 Å². The van der Waals surface area contributed by atoms with Crippen molar-refractivity contribution in [1.29, 1.82) is 0 Å². The summed E-state index contributed by atoms with van der Waals surface area (Å²) in [5.74, 6) is 1.70. The van der Waals surface area contributed by atoms with E-state index < -0.39 is 0 Å². The third kappa shape index (κ3) is 5.16. The molecule has 2 heterocycles. The summed E-state index contributed by atoms with van der Waals surface area (Å²) in [6, 6.07) is 22.1. The summed E-state index contributed by atoms with van der Waals surface area (Å²) in [4.78, 5) is 22.7. The second kappa shape index (κ2) is 10.2. The van der Waals surface area contributed by atoms with Gasteiger partial charge >= 0.3 is 0 Å². The maximum atomic E-state index is 12.9. The number of carbonyl (C=O) groups is 1. The largest absolute Gasteiger partial charge is 0.356 e. The lowest BCUT2D eigenvalue weighted by molar-refractivity contribution is 0.0954. The third-order valence-corrected chi connectivity index (χ3v) is 7.88. The number of halogens is 1. The number of benzene rings is 3. The summed E-state index contributed by atoms with van der Waals surface area (Å²) in [6.45, 7) is 4.92. The predicted molar refractivity (Wildman–Crippen MR) is 141 cm³/mol. The average Bonchev–Trinajstić information content (AvgIpc) is 3.02. The highest BCUT2D eigenvalue weighted by Gasteiger charge is 2.25. The highest BCUT2D eigenvalue weighted by atomic mass is 35.5. The number of nitrogens with one attached hydrogen (secondary N) is 1. The zero-order valence-corrected chi connectivity index (χ0v) is 20.8. The highest BCUT2D eigenvalue weighted by Crippen LogP contribution is 2.41. The van der Waals surface area contributed by atoms with Crippen molar-refractivity contribution in [3.05, 3.63) is 88.4 Å². The fourth-order valence-corrected chi connectivity index (χ4v) is 5.52. The lowest BCUT2D eigenvalue weighted by Gasteiger charge is -2.33. The van der Waals surface area contributed by atoms with Crippen LogP contribution in [0.25, 0.3) is 0 Å². The van der Waals surface area contributed by atoms with E-state index in [4.69, 9.17) is 16.6 Å². The monoisotopic (exact) mass is 489 g/mol. The number of hydrogen-bond acceptors (Lipinski definition) is 4. The molecule has 1 amide bonds. The molecule has 0 bridgehead atoms. The molecule has 1 N–H and O–H groups in total. The van der Waals surface area contributed by atoms with Crippen LogP contribution < -0.4 is 5.32 Å². The standard InChI is InChI=1S/C28H28ClN3OS/c1-19-13-16-32(17-14-19)27-23-4-2-3-5-25(23)34-26-11-8-21(18-24(26)31-27)28(33)30-15-12-20-6-9-22(29)10-7-20/h2-11,18-19H,12-17H2,1H3,(H,30,33). The number of amidine groups is 1. The van der Waals surface area contributed by atoms with Gasteiger partial charge in [0.1, 0.15) is 5.84 Å².